The normalized spacial score (nSPS) is 16.1. The van der Waals surface area contributed by atoms with Crippen LogP contribution in [0.15, 0.2) is 45.9 Å². The summed E-state index contributed by atoms with van der Waals surface area (Å²) in [5, 5.41) is 12.6. The number of urea groups is 1. The number of fused-ring (bicyclic) bond motifs is 2. The molecule has 5 rings (SSSR count). The van der Waals surface area contributed by atoms with Crippen LogP contribution in [-0.4, -0.2) is 38.0 Å². The third kappa shape index (κ3) is 4.66. The van der Waals surface area contributed by atoms with Crippen LogP contribution in [0.1, 0.15) is 17.5 Å². The van der Waals surface area contributed by atoms with E-state index in [2.05, 4.69) is 24.5 Å². The zero-order valence-corrected chi connectivity index (χ0v) is 18.9. The van der Waals surface area contributed by atoms with Crippen molar-refractivity contribution in [1.82, 2.24) is 14.8 Å². The van der Waals surface area contributed by atoms with E-state index < -0.39 is 28.2 Å². The van der Waals surface area contributed by atoms with Crippen molar-refractivity contribution in [2.24, 2.45) is 9.50 Å². The van der Waals surface area contributed by atoms with E-state index in [4.69, 9.17) is 9.88 Å². The van der Waals surface area contributed by atoms with Crippen LogP contribution >= 0.6 is 0 Å². The van der Waals surface area contributed by atoms with E-state index in [9.17, 15) is 22.2 Å². The number of pyridine rings is 1. The standard InChI is InChI=1S/C21H19F3N6O4S/c22-21(23,24)34-17-10-13(6-7-26-17)15-5-3-12-2-4-14(12)18(15)28-20(31)29-35(25,32)16-11-27-30-8-1-9-33-19(16)30/h3,5-7,10-11H,1-2,4,8-9H2,(H3,25,28,29,31,32)/t35-/m0/s1. The molecule has 3 heterocycles. The van der Waals surface area contributed by atoms with E-state index in [1.165, 1.54) is 23.1 Å². The van der Waals surface area contributed by atoms with Crippen molar-refractivity contribution in [2.45, 2.75) is 37.1 Å². The van der Waals surface area contributed by atoms with E-state index in [-0.39, 0.29) is 10.8 Å². The van der Waals surface area contributed by atoms with Gasteiger partial charge in [0, 0.05) is 30.8 Å². The maximum atomic E-state index is 13.1. The monoisotopic (exact) mass is 508 g/mol. The summed E-state index contributed by atoms with van der Waals surface area (Å²) < 4.78 is 65.6. The molecule has 0 radical (unpaired) electrons. The van der Waals surface area contributed by atoms with Gasteiger partial charge in [-0.05, 0) is 35.6 Å². The molecule has 35 heavy (non-hydrogen) atoms. The Morgan fingerprint density at radius 2 is 2.11 bits per heavy atom. The van der Waals surface area contributed by atoms with Crippen LogP contribution in [0.2, 0.25) is 0 Å². The number of hydrogen-bond donors (Lipinski definition) is 2. The number of anilines is 1. The minimum atomic E-state index is -4.90. The molecule has 0 saturated carbocycles. The van der Waals surface area contributed by atoms with E-state index in [1.54, 1.807) is 6.07 Å². The molecule has 3 N–H and O–H groups in total. The van der Waals surface area contributed by atoms with Gasteiger partial charge in [-0.15, -0.1) is 17.5 Å². The van der Waals surface area contributed by atoms with Crippen LogP contribution in [0, 0.1) is 0 Å². The molecule has 0 fully saturated rings. The Hall–Kier alpha value is -3.65. The number of alkyl halides is 3. The van der Waals surface area contributed by atoms with Gasteiger partial charge >= 0.3 is 12.4 Å². The lowest BCUT2D eigenvalue weighted by Gasteiger charge is -2.25. The van der Waals surface area contributed by atoms with Gasteiger partial charge in [-0.25, -0.2) is 23.8 Å². The van der Waals surface area contributed by atoms with Crippen molar-refractivity contribution in [1.29, 1.82) is 0 Å². The Balaban J connectivity index is 1.48. The third-order valence-electron chi connectivity index (χ3n) is 5.60. The summed E-state index contributed by atoms with van der Waals surface area (Å²) in [4.78, 5) is 16.4. The molecule has 2 aromatic heterocycles. The molecule has 1 aliphatic carbocycles. The number of carbonyl (C=O) groups is 1. The zero-order chi connectivity index (χ0) is 24.8. The first-order chi connectivity index (χ1) is 16.6. The van der Waals surface area contributed by atoms with E-state index in [0.29, 0.717) is 36.4 Å². The SMILES string of the molecule is N[S@](=O)(=NC(=O)Nc1c(-c2ccnc(OC(F)(F)F)c2)ccc2c1CC2)c1cnn2c1OCCC2. The molecule has 2 amide bonds. The number of aromatic nitrogens is 3. The van der Waals surface area contributed by atoms with Gasteiger partial charge in [0.1, 0.15) is 4.90 Å². The largest absolute Gasteiger partial charge is 0.574 e. The first kappa shape index (κ1) is 23.1. The lowest BCUT2D eigenvalue weighted by molar-refractivity contribution is -0.276. The Labute approximate surface area is 197 Å². The summed E-state index contributed by atoms with van der Waals surface area (Å²) in [7, 11) is -3.69. The van der Waals surface area contributed by atoms with Crippen molar-refractivity contribution >= 4 is 21.6 Å². The summed E-state index contributed by atoms with van der Waals surface area (Å²) in [6, 6.07) is 5.12. The smallest absolute Gasteiger partial charge is 0.477 e. The number of rotatable bonds is 4. The lowest BCUT2D eigenvalue weighted by Crippen LogP contribution is -2.22. The average Bonchev–Trinajstić information content (AvgIpc) is 3.19. The first-order valence-electron chi connectivity index (χ1n) is 10.5. The van der Waals surface area contributed by atoms with Gasteiger partial charge in [0.25, 0.3) is 0 Å². The Bertz CT molecular complexity index is 1450. The van der Waals surface area contributed by atoms with E-state index in [1.807, 2.05) is 6.07 Å². The van der Waals surface area contributed by atoms with E-state index >= 15 is 0 Å². The van der Waals surface area contributed by atoms with Gasteiger partial charge in [-0.2, -0.15) is 5.10 Å². The third-order valence-corrected chi connectivity index (χ3v) is 6.95. The molecular formula is C21H19F3N6O4S. The quantitative estimate of drug-likeness (QED) is 0.553. The predicted octanol–water partition coefficient (Wildman–Crippen LogP) is 3.66. The lowest BCUT2D eigenvalue weighted by atomic mass is 9.84. The number of hydrogen-bond acceptors (Lipinski definition) is 6. The summed E-state index contributed by atoms with van der Waals surface area (Å²) >= 11 is 0. The van der Waals surface area contributed by atoms with Crippen molar-refractivity contribution in [3.05, 3.63) is 47.8 Å². The van der Waals surface area contributed by atoms with Crippen LogP contribution in [0.3, 0.4) is 0 Å². The fraction of sp³-hybridized carbons (Fsp3) is 0.286. The number of halogens is 3. The average molecular weight is 508 g/mol. The molecule has 1 aromatic carbocycles. The van der Waals surface area contributed by atoms with Crippen LogP contribution in [0.5, 0.6) is 11.8 Å². The van der Waals surface area contributed by atoms with Gasteiger partial charge in [-0.3, -0.25) is 0 Å². The molecule has 3 aromatic rings. The second kappa shape index (κ2) is 8.53. The number of carbonyl (C=O) groups excluding carboxylic acids is 1. The summed E-state index contributed by atoms with van der Waals surface area (Å²) in [6.45, 7) is 0.953. The van der Waals surface area contributed by atoms with Crippen molar-refractivity contribution in [3.8, 4) is 22.9 Å². The molecule has 1 atom stereocenters. The van der Waals surface area contributed by atoms with Crippen LogP contribution in [0.25, 0.3) is 11.1 Å². The second-order valence-electron chi connectivity index (χ2n) is 7.89. The molecule has 0 spiro atoms. The number of amides is 2. The number of nitrogens with zero attached hydrogens (tertiary/aromatic N) is 4. The van der Waals surface area contributed by atoms with Gasteiger partial charge in [-0.1, -0.05) is 12.1 Å². The van der Waals surface area contributed by atoms with Gasteiger partial charge < -0.3 is 14.8 Å². The van der Waals surface area contributed by atoms with E-state index in [0.717, 1.165) is 30.0 Å². The highest BCUT2D eigenvalue weighted by atomic mass is 32.2. The molecule has 0 bridgehead atoms. The number of nitrogens with one attached hydrogen (secondary N) is 1. The van der Waals surface area contributed by atoms with Gasteiger partial charge in [0.15, 0.2) is 9.92 Å². The fourth-order valence-corrected chi connectivity index (χ4v) is 4.98. The topological polar surface area (TPSA) is 134 Å². The molecule has 2 aliphatic rings. The Morgan fingerprint density at radius 1 is 1.29 bits per heavy atom. The second-order valence-corrected chi connectivity index (χ2v) is 9.65. The highest BCUT2D eigenvalue weighted by molar-refractivity contribution is 7.91. The predicted molar refractivity (Wildman–Crippen MR) is 118 cm³/mol. The molecular weight excluding hydrogens is 489 g/mol. The number of benzene rings is 1. The van der Waals surface area contributed by atoms with Gasteiger partial charge in [0.05, 0.1) is 18.5 Å². The van der Waals surface area contributed by atoms with Crippen molar-refractivity contribution < 1.29 is 31.6 Å². The molecule has 184 valence electrons. The maximum Gasteiger partial charge on any atom is 0.574 e. The van der Waals surface area contributed by atoms with Crippen LogP contribution in [0.4, 0.5) is 23.7 Å². The fourth-order valence-electron chi connectivity index (χ4n) is 3.98. The molecule has 1 aliphatic heterocycles. The highest BCUT2D eigenvalue weighted by Gasteiger charge is 2.32. The summed E-state index contributed by atoms with van der Waals surface area (Å²) in [5.74, 6) is -0.436. The van der Waals surface area contributed by atoms with Crippen molar-refractivity contribution in [3.63, 3.8) is 0 Å². The van der Waals surface area contributed by atoms with Crippen LogP contribution in [-0.2, 0) is 29.3 Å². The van der Waals surface area contributed by atoms with Gasteiger partial charge in [0.2, 0.25) is 11.8 Å². The number of aryl methyl sites for hydroxylation is 2. The number of nitrogens with two attached hydrogens (primary N) is 1. The maximum absolute atomic E-state index is 13.1. The minimum absolute atomic E-state index is 0.0108. The highest BCUT2D eigenvalue weighted by Crippen LogP contribution is 2.39. The molecule has 14 heteroatoms. The van der Waals surface area contributed by atoms with Crippen molar-refractivity contribution in [2.75, 3.05) is 11.9 Å². The minimum Gasteiger partial charge on any atom is -0.477 e. The Morgan fingerprint density at radius 3 is 2.86 bits per heavy atom. The summed E-state index contributed by atoms with van der Waals surface area (Å²) in [6.07, 6.45) is -0.327. The van der Waals surface area contributed by atoms with Crippen LogP contribution < -0.4 is 19.9 Å². The Kier molecular flexibility index (Phi) is 5.63. The zero-order valence-electron chi connectivity index (χ0n) is 18.0. The molecule has 0 unspecified atom stereocenters. The first-order valence-corrected chi connectivity index (χ1v) is 12.1. The summed E-state index contributed by atoms with van der Waals surface area (Å²) in [5.41, 5.74) is 2.87. The molecule has 0 saturated heterocycles. The number of ether oxygens (including phenoxy) is 2. The molecule has 10 nitrogen and oxygen atoms in total.